The quantitative estimate of drug-likeness (QED) is 0.538. The van der Waals surface area contributed by atoms with Crippen molar-refractivity contribution in [3.63, 3.8) is 0 Å². The number of hydrogen-bond acceptors (Lipinski definition) is 3. The highest BCUT2D eigenvalue weighted by Crippen LogP contribution is 2.45. The molecule has 1 aromatic rings. The van der Waals surface area contributed by atoms with Crippen molar-refractivity contribution < 1.29 is 31.5 Å². The first-order chi connectivity index (χ1) is 11.3. The van der Waals surface area contributed by atoms with Crippen LogP contribution in [0.1, 0.15) is 38.3 Å². The number of ether oxygens (including phenoxy) is 1. The maximum absolute atomic E-state index is 13.5. The molecule has 0 saturated carbocycles. The second-order valence-electron chi connectivity index (χ2n) is 6.51. The first-order valence-corrected chi connectivity index (χ1v) is 7.38. The third-order valence-electron chi connectivity index (χ3n) is 3.25. The van der Waals surface area contributed by atoms with Crippen LogP contribution in [0.3, 0.4) is 0 Å². The molecule has 1 aromatic carbocycles. The fraction of sp³-hybridized carbons (Fsp3) is 0.412. The van der Waals surface area contributed by atoms with E-state index in [1.807, 2.05) is 0 Å². The normalized spacial score (nSPS) is 15.3. The Morgan fingerprint density at radius 3 is 2.32 bits per heavy atom. The van der Waals surface area contributed by atoms with E-state index in [0.29, 0.717) is 17.7 Å². The molecule has 0 amide bonds. The minimum Gasteiger partial charge on any atom is -0.455 e. The second-order valence-corrected chi connectivity index (χ2v) is 6.51. The lowest BCUT2D eigenvalue weighted by atomic mass is 10.0. The van der Waals surface area contributed by atoms with Crippen LogP contribution in [0.15, 0.2) is 29.3 Å². The molecular formula is C17H16F5NO2. The average molecular weight is 361 g/mol. The zero-order valence-corrected chi connectivity index (χ0v) is 13.7. The van der Waals surface area contributed by atoms with Crippen LogP contribution >= 0.6 is 0 Å². The smallest absolute Gasteiger partial charge is 0.455 e. The molecule has 0 N–H and O–H groups in total. The Labute approximate surface area is 141 Å². The van der Waals surface area contributed by atoms with Gasteiger partial charge in [-0.15, -0.1) is 0 Å². The zero-order chi connectivity index (χ0) is 19.0. The SMILES string of the molecule is CC(C)(C)OC(=O)C1=Nc2cc(C(F)(F)C(F)(F)F)ccc2C=CC1. The van der Waals surface area contributed by atoms with E-state index in [4.69, 9.17) is 4.74 Å². The number of halogens is 5. The number of allylic oxidation sites excluding steroid dienone is 1. The van der Waals surface area contributed by atoms with Gasteiger partial charge in [0.1, 0.15) is 11.3 Å². The van der Waals surface area contributed by atoms with Gasteiger partial charge in [-0.1, -0.05) is 24.3 Å². The molecule has 1 aliphatic heterocycles. The summed E-state index contributed by atoms with van der Waals surface area (Å²) in [6.07, 6.45) is -2.57. The fourth-order valence-electron chi connectivity index (χ4n) is 2.09. The van der Waals surface area contributed by atoms with Gasteiger partial charge < -0.3 is 4.74 Å². The minimum atomic E-state index is -5.72. The maximum atomic E-state index is 13.5. The van der Waals surface area contributed by atoms with Gasteiger partial charge in [0.15, 0.2) is 0 Å². The third-order valence-corrected chi connectivity index (χ3v) is 3.25. The van der Waals surface area contributed by atoms with E-state index < -0.39 is 29.2 Å². The lowest BCUT2D eigenvalue weighted by Gasteiger charge is -2.21. The van der Waals surface area contributed by atoms with Crippen molar-refractivity contribution in [2.75, 3.05) is 0 Å². The van der Waals surface area contributed by atoms with Crippen LogP contribution in [0.2, 0.25) is 0 Å². The summed E-state index contributed by atoms with van der Waals surface area (Å²) in [7, 11) is 0. The summed E-state index contributed by atoms with van der Waals surface area (Å²) in [6.45, 7) is 4.94. The number of nitrogens with zero attached hydrogens (tertiary/aromatic N) is 1. The van der Waals surface area contributed by atoms with Gasteiger partial charge in [0.05, 0.1) is 5.69 Å². The van der Waals surface area contributed by atoms with Crippen LogP contribution in [0.5, 0.6) is 0 Å². The van der Waals surface area contributed by atoms with E-state index in [1.165, 1.54) is 6.08 Å². The molecule has 25 heavy (non-hydrogen) atoms. The molecule has 0 saturated heterocycles. The summed E-state index contributed by atoms with van der Waals surface area (Å²) < 4.78 is 69.9. The van der Waals surface area contributed by atoms with Crippen LogP contribution < -0.4 is 0 Å². The molecule has 2 rings (SSSR count). The van der Waals surface area contributed by atoms with E-state index in [-0.39, 0.29) is 17.8 Å². The van der Waals surface area contributed by atoms with E-state index in [1.54, 1.807) is 26.8 Å². The van der Waals surface area contributed by atoms with Crippen molar-refractivity contribution in [3.8, 4) is 0 Å². The van der Waals surface area contributed by atoms with Crippen molar-refractivity contribution in [1.82, 2.24) is 0 Å². The van der Waals surface area contributed by atoms with Crippen LogP contribution in [-0.4, -0.2) is 23.5 Å². The number of benzene rings is 1. The Morgan fingerprint density at radius 2 is 1.76 bits per heavy atom. The molecule has 0 unspecified atom stereocenters. The standard InChI is InChI=1S/C17H16F5NO2/c1-15(2,3)25-14(24)12-6-4-5-10-7-8-11(9-13(10)23-12)16(18,19)17(20,21)22/h4-5,7-9H,6H2,1-3H3. The average Bonchev–Trinajstić information content (AvgIpc) is 2.65. The van der Waals surface area contributed by atoms with Crippen molar-refractivity contribution in [2.24, 2.45) is 4.99 Å². The Bertz CT molecular complexity index is 742. The number of carbonyl (C=O) groups is 1. The number of alkyl halides is 5. The topological polar surface area (TPSA) is 38.7 Å². The van der Waals surface area contributed by atoms with E-state index in [9.17, 15) is 26.7 Å². The Morgan fingerprint density at radius 1 is 1.12 bits per heavy atom. The van der Waals surface area contributed by atoms with Gasteiger partial charge in [0.25, 0.3) is 0 Å². The number of esters is 1. The first-order valence-electron chi connectivity index (χ1n) is 7.38. The van der Waals surface area contributed by atoms with E-state index in [0.717, 1.165) is 6.07 Å². The number of aliphatic imine (C=N–C) groups is 1. The summed E-state index contributed by atoms with van der Waals surface area (Å²) in [4.78, 5) is 16.1. The molecule has 0 aliphatic carbocycles. The van der Waals surface area contributed by atoms with Gasteiger partial charge in [-0.25, -0.2) is 9.79 Å². The van der Waals surface area contributed by atoms with Crippen LogP contribution in [0, 0.1) is 0 Å². The van der Waals surface area contributed by atoms with Gasteiger partial charge in [-0.3, -0.25) is 0 Å². The van der Waals surface area contributed by atoms with Gasteiger partial charge in [-0.2, -0.15) is 22.0 Å². The first kappa shape index (κ1) is 19.1. The van der Waals surface area contributed by atoms with Crippen LogP contribution in [0.25, 0.3) is 6.08 Å². The van der Waals surface area contributed by atoms with Gasteiger partial charge >= 0.3 is 18.1 Å². The van der Waals surface area contributed by atoms with Crippen LogP contribution in [-0.2, 0) is 15.5 Å². The molecule has 0 atom stereocenters. The van der Waals surface area contributed by atoms with Crippen molar-refractivity contribution >= 4 is 23.4 Å². The zero-order valence-electron chi connectivity index (χ0n) is 13.7. The molecule has 0 bridgehead atoms. The third kappa shape index (κ3) is 4.24. The number of carbonyl (C=O) groups excluding carboxylic acids is 1. The molecule has 0 radical (unpaired) electrons. The van der Waals surface area contributed by atoms with Gasteiger partial charge in [0.2, 0.25) is 0 Å². The largest absolute Gasteiger partial charge is 0.458 e. The summed E-state index contributed by atoms with van der Waals surface area (Å²) in [6, 6.07) is 2.45. The van der Waals surface area contributed by atoms with Gasteiger partial charge in [0, 0.05) is 12.0 Å². The van der Waals surface area contributed by atoms with Crippen molar-refractivity contribution in [3.05, 3.63) is 35.4 Å². The predicted molar refractivity (Wildman–Crippen MR) is 83.0 cm³/mol. The molecular weight excluding hydrogens is 345 g/mol. The van der Waals surface area contributed by atoms with E-state index in [2.05, 4.69) is 4.99 Å². The highest BCUT2D eigenvalue weighted by atomic mass is 19.4. The minimum absolute atomic E-state index is 0.0719. The molecule has 0 aromatic heterocycles. The van der Waals surface area contributed by atoms with Crippen molar-refractivity contribution in [2.45, 2.75) is 44.9 Å². The summed E-state index contributed by atoms with van der Waals surface area (Å²) in [5.41, 5.74) is -1.90. The summed E-state index contributed by atoms with van der Waals surface area (Å²) in [5, 5.41) is 0. The number of fused-ring (bicyclic) bond motifs is 1. The maximum Gasteiger partial charge on any atom is 0.458 e. The monoisotopic (exact) mass is 361 g/mol. The Hall–Kier alpha value is -2.25. The Balaban J connectivity index is 2.46. The molecule has 3 nitrogen and oxygen atoms in total. The molecule has 0 fully saturated rings. The number of hydrogen-bond donors (Lipinski definition) is 0. The second kappa shape index (κ2) is 6.24. The lowest BCUT2D eigenvalue weighted by Crippen LogP contribution is -2.33. The summed E-state index contributed by atoms with van der Waals surface area (Å²) in [5.74, 6) is -5.77. The molecule has 1 aliphatic rings. The van der Waals surface area contributed by atoms with Crippen molar-refractivity contribution in [1.29, 1.82) is 0 Å². The van der Waals surface area contributed by atoms with Crippen LogP contribution in [0.4, 0.5) is 27.6 Å². The number of rotatable bonds is 2. The predicted octanol–water partition coefficient (Wildman–Crippen LogP) is 5.17. The molecule has 8 heteroatoms. The van der Waals surface area contributed by atoms with Gasteiger partial charge in [-0.05, 0) is 32.4 Å². The van der Waals surface area contributed by atoms with E-state index >= 15 is 0 Å². The summed E-state index contributed by atoms with van der Waals surface area (Å²) >= 11 is 0. The Kier molecular flexibility index (Phi) is 4.76. The molecule has 0 spiro atoms. The highest BCUT2D eigenvalue weighted by Gasteiger charge is 2.58. The molecule has 136 valence electrons. The highest BCUT2D eigenvalue weighted by molar-refractivity contribution is 6.37. The molecule has 1 heterocycles. The fourth-order valence-corrected chi connectivity index (χ4v) is 2.09. The lowest BCUT2D eigenvalue weighted by molar-refractivity contribution is -0.289.